The number of amides is 3. The number of carbonyl (C=O) groups excluding carboxylic acids is 3. The summed E-state index contributed by atoms with van der Waals surface area (Å²) in [6.45, 7) is 1.95. The Kier molecular flexibility index (Phi) is 7.32. The average Bonchev–Trinajstić information content (AvgIpc) is 2.81. The molecule has 0 fully saturated rings. The third kappa shape index (κ3) is 6.02. The number of nitrogens with zero attached hydrogens (tertiary/aromatic N) is 1. The molecule has 0 bridgehead atoms. The summed E-state index contributed by atoms with van der Waals surface area (Å²) < 4.78 is 5.11. The van der Waals surface area contributed by atoms with Crippen LogP contribution in [0, 0.1) is 6.92 Å². The molecule has 0 heterocycles. The largest absolute Gasteiger partial charge is 0.497 e. The molecule has 3 aromatic rings. The molecule has 3 aromatic carbocycles. The number of methoxy groups -OCH3 is 1. The standard InChI is InChI=1S/C24H22N4O4/c1-16-10-12-18(13-11-16)26-22(29)20-8-3-4-9-21(20)27-23(30)24(31)28-25-15-17-6-5-7-19(14-17)32-2/h3-15H,1-2H3,(H,26,29)(H,27,30)(H,28,31). The minimum absolute atomic E-state index is 0.203. The third-order valence-electron chi connectivity index (χ3n) is 4.41. The van der Waals surface area contributed by atoms with Gasteiger partial charge in [-0.05, 0) is 48.9 Å². The molecule has 0 aliphatic rings. The number of benzene rings is 3. The summed E-state index contributed by atoms with van der Waals surface area (Å²) in [5, 5.41) is 8.99. The van der Waals surface area contributed by atoms with Crippen molar-refractivity contribution in [2.75, 3.05) is 17.7 Å². The summed E-state index contributed by atoms with van der Waals surface area (Å²) in [6.07, 6.45) is 1.39. The lowest BCUT2D eigenvalue weighted by Crippen LogP contribution is -2.33. The first kappa shape index (κ1) is 22.2. The van der Waals surface area contributed by atoms with Crippen molar-refractivity contribution in [3.05, 3.63) is 89.5 Å². The van der Waals surface area contributed by atoms with Gasteiger partial charge < -0.3 is 15.4 Å². The van der Waals surface area contributed by atoms with Gasteiger partial charge in [0.2, 0.25) is 0 Å². The zero-order valence-electron chi connectivity index (χ0n) is 17.6. The topological polar surface area (TPSA) is 109 Å². The van der Waals surface area contributed by atoms with Crippen molar-refractivity contribution in [1.29, 1.82) is 0 Å². The predicted molar refractivity (Wildman–Crippen MR) is 123 cm³/mol. The van der Waals surface area contributed by atoms with E-state index in [9.17, 15) is 14.4 Å². The first-order chi connectivity index (χ1) is 15.5. The normalized spacial score (nSPS) is 10.4. The number of hydrogen-bond acceptors (Lipinski definition) is 5. The highest BCUT2D eigenvalue weighted by molar-refractivity contribution is 6.40. The third-order valence-corrected chi connectivity index (χ3v) is 4.41. The number of nitrogens with one attached hydrogen (secondary N) is 3. The number of para-hydroxylation sites is 1. The zero-order chi connectivity index (χ0) is 22.9. The van der Waals surface area contributed by atoms with Gasteiger partial charge in [0.25, 0.3) is 5.91 Å². The van der Waals surface area contributed by atoms with Gasteiger partial charge in [0.05, 0.1) is 24.6 Å². The highest BCUT2D eigenvalue weighted by atomic mass is 16.5. The van der Waals surface area contributed by atoms with Crippen LogP contribution in [0.4, 0.5) is 11.4 Å². The zero-order valence-corrected chi connectivity index (χ0v) is 17.6. The van der Waals surface area contributed by atoms with Crippen molar-refractivity contribution >= 4 is 35.3 Å². The number of hydrogen-bond donors (Lipinski definition) is 3. The minimum atomic E-state index is -0.974. The van der Waals surface area contributed by atoms with Crippen molar-refractivity contribution < 1.29 is 19.1 Å². The van der Waals surface area contributed by atoms with Gasteiger partial charge in [-0.2, -0.15) is 5.10 Å². The molecule has 0 radical (unpaired) electrons. The maximum absolute atomic E-state index is 12.7. The second-order valence-corrected chi connectivity index (χ2v) is 6.80. The van der Waals surface area contributed by atoms with E-state index >= 15 is 0 Å². The fourth-order valence-electron chi connectivity index (χ4n) is 2.74. The van der Waals surface area contributed by atoms with Gasteiger partial charge in [-0.25, -0.2) is 5.43 Å². The minimum Gasteiger partial charge on any atom is -0.497 e. The lowest BCUT2D eigenvalue weighted by Gasteiger charge is -2.11. The second kappa shape index (κ2) is 10.5. The number of anilines is 2. The molecular weight excluding hydrogens is 408 g/mol. The highest BCUT2D eigenvalue weighted by Gasteiger charge is 2.17. The van der Waals surface area contributed by atoms with Gasteiger partial charge in [0.15, 0.2) is 0 Å². The molecule has 162 valence electrons. The Balaban J connectivity index is 1.63. The van der Waals surface area contributed by atoms with Gasteiger partial charge in [-0.15, -0.1) is 0 Å². The molecule has 0 spiro atoms. The second-order valence-electron chi connectivity index (χ2n) is 6.80. The number of carbonyl (C=O) groups is 3. The van der Waals surface area contributed by atoms with Gasteiger partial charge in [0, 0.05) is 5.69 Å². The number of rotatable bonds is 6. The summed E-state index contributed by atoms with van der Waals surface area (Å²) in [5.74, 6) is -1.71. The maximum atomic E-state index is 12.7. The molecule has 0 atom stereocenters. The Labute approximate surface area is 185 Å². The van der Waals surface area contributed by atoms with Crippen LogP contribution in [0.1, 0.15) is 21.5 Å². The molecule has 8 heteroatoms. The Morgan fingerprint density at radius 2 is 1.62 bits per heavy atom. The molecule has 0 saturated carbocycles. The molecule has 0 aliphatic heterocycles. The van der Waals surface area contributed by atoms with E-state index < -0.39 is 17.7 Å². The molecule has 0 aromatic heterocycles. The van der Waals surface area contributed by atoms with E-state index in [0.717, 1.165) is 5.56 Å². The van der Waals surface area contributed by atoms with Crippen molar-refractivity contribution in [2.24, 2.45) is 5.10 Å². The molecule has 32 heavy (non-hydrogen) atoms. The predicted octanol–water partition coefficient (Wildman–Crippen LogP) is 3.34. The Morgan fingerprint density at radius 3 is 2.38 bits per heavy atom. The summed E-state index contributed by atoms with van der Waals surface area (Å²) in [7, 11) is 1.54. The Bertz CT molecular complexity index is 1160. The Morgan fingerprint density at radius 1 is 0.875 bits per heavy atom. The van der Waals surface area contributed by atoms with E-state index in [1.165, 1.54) is 12.3 Å². The van der Waals surface area contributed by atoms with Crippen LogP contribution in [0.2, 0.25) is 0 Å². The molecule has 3 amide bonds. The van der Waals surface area contributed by atoms with Crippen molar-refractivity contribution in [1.82, 2.24) is 5.43 Å². The van der Waals surface area contributed by atoms with Crippen LogP contribution < -0.4 is 20.8 Å². The van der Waals surface area contributed by atoms with Crippen molar-refractivity contribution in [2.45, 2.75) is 6.92 Å². The molecule has 3 N–H and O–H groups in total. The van der Waals surface area contributed by atoms with Gasteiger partial charge in [-0.1, -0.05) is 42.0 Å². The molecule has 0 saturated heterocycles. The van der Waals surface area contributed by atoms with E-state index in [0.29, 0.717) is 17.0 Å². The van der Waals surface area contributed by atoms with Crippen molar-refractivity contribution in [3.63, 3.8) is 0 Å². The lowest BCUT2D eigenvalue weighted by atomic mass is 10.1. The van der Waals surface area contributed by atoms with E-state index in [1.54, 1.807) is 61.7 Å². The van der Waals surface area contributed by atoms with E-state index in [4.69, 9.17) is 4.74 Å². The Hall–Kier alpha value is -4.46. The summed E-state index contributed by atoms with van der Waals surface area (Å²) in [6, 6.07) is 20.7. The van der Waals surface area contributed by atoms with Crippen molar-refractivity contribution in [3.8, 4) is 5.75 Å². The van der Waals surface area contributed by atoms with Crippen LogP contribution in [0.25, 0.3) is 0 Å². The monoisotopic (exact) mass is 430 g/mol. The fourth-order valence-corrected chi connectivity index (χ4v) is 2.74. The van der Waals surface area contributed by atoms with Crippen LogP contribution in [-0.2, 0) is 9.59 Å². The van der Waals surface area contributed by atoms with Crippen LogP contribution >= 0.6 is 0 Å². The summed E-state index contributed by atoms with van der Waals surface area (Å²) in [4.78, 5) is 37.0. The first-order valence-electron chi connectivity index (χ1n) is 9.72. The molecule has 0 aliphatic carbocycles. The van der Waals surface area contributed by atoms with Gasteiger partial charge in [-0.3, -0.25) is 14.4 Å². The average molecular weight is 430 g/mol. The summed E-state index contributed by atoms with van der Waals surface area (Å²) in [5.41, 5.74) is 4.95. The quantitative estimate of drug-likeness (QED) is 0.317. The molecule has 0 unspecified atom stereocenters. The SMILES string of the molecule is COc1cccc(C=NNC(=O)C(=O)Nc2ccccc2C(=O)Nc2ccc(C)cc2)c1. The fraction of sp³-hybridized carbons (Fsp3) is 0.0833. The number of aryl methyl sites for hydroxylation is 1. The van der Waals surface area contributed by atoms with E-state index in [1.807, 2.05) is 19.1 Å². The molecule has 8 nitrogen and oxygen atoms in total. The first-order valence-corrected chi connectivity index (χ1v) is 9.72. The van der Waals surface area contributed by atoms with Crippen LogP contribution in [-0.4, -0.2) is 31.0 Å². The summed E-state index contributed by atoms with van der Waals surface area (Å²) >= 11 is 0. The van der Waals surface area contributed by atoms with E-state index in [2.05, 4.69) is 21.2 Å². The molecular formula is C24H22N4O4. The van der Waals surface area contributed by atoms with Gasteiger partial charge >= 0.3 is 11.8 Å². The van der Waals surface area contributed by atoms with Crippen LogP contribution in [0.3, 0.4) is 0 Å². The van der Waals surface area contributed by atoms with Gasteiger partial charge in [0.1, 0.15) is 5.75 Å². The molecule has 3 rings (SSSR count). The van der Waals surface area contributed by atoms with E-state index in [-0.39, 0.29) is 11.3 Å². The van der Waals surface area contributed by atoms with Crippen LogP contribution in [0.15, 0.2) is 77.9 Å². The highest BCUT2D eigenvalue weighted by Crippen LogP contribution is 2.18. The number of hydrazone groups is 1. The number of ether oxygens (including phenoxy) is 1. The maximum Gasteiger partial charge on any atom is 0.329 e. The smallest absolute Gasteiger partial charge is 0.329 e. The van der Waals surface area contributed by atoms with Crippen LogP contribution in [0.5, 0.6) is 5.75 Å². The lowest BCUT2D eigenvalue weighted by molar-refractivity contribution is -0.136.